The Bertz CT molecular complexity index is 625. The van der Waals surface area contributed by atoms with Gasteiger partial charge in [0.25, 0.3) is 0 Å². The van der Waals surface area contributed by atoms with E-state index in [2.05, 4.69) is 29.7 Å². The molecule has 0 aromatic carbocycles. The van der Waals surface area contributed by atoms with Gasteiger partial charge in [-0.15, -0.1) is 0 Å². The highest BCUT2D eigenvalue weighted by atomic mass is 32.1. The van der Waals surface area contributed by atoms with Crippen LogP contribution in [0, 0.1) is 11.8 Å². The molecule has 2 bridgehead atoms. The third-order valence-corrected chi connectivity index (χ3v) is 7.01. The summed E-state index contributed by atoms with van der Waals surface area (Å²) in [6.45, 7) is 3.10. The molecule has 0 saturated carbocycles. The van der Waals surface area contributed by atoms with E-state index < -0.39 is 5.97 Å². The Morgan fingerprint density at radius 3 is 2.44 bits per heavy atom. The van der Waals surface area contributed by atoms with E-state index in [0.717, 1.165) is 43.5 Å². The van der Waals surface area contributed by atoms with E-state index in [1.54, 1.807) is 0 Å². The molecule has 0 radical (unpaired) electrons. The van der Waals surface area contributed by atoms with Crippen molar-refractivity contribution in [3.8, 4) is 0 Å². The number of carboxylic acids is 1. The monoisotopic (exact) mass is 466 g/mol. The average molecular weight is 467 g/mol. The maximum absolute atomic E-state index is 12.3. The Kier molecular flexibility index (Phi) is 12.9. The van der Waals surface area contributed by atoms with Crippen molar-refractivity contribution in [1.29, 1.82) is 0 Å². The highest BCUT2D eigenvalue weighted by Crippen LogP contribution is 2.44. The number of carboxylic acid groups (broad SMARTS) is 1. The lowest BCUT2D eigenvalue weighted by Crippen LogP contribution is -2.42. The number of amides is 1. The minimum absolute atomic E-state index is 0.0129. The summed E-state index contributed by atoms with van der Waals surface area (Å²) in [5.74, 6) is 0.0114. The standard InChI is InChI=1S/C25H42N2O4S/c1-2-3-4-5-6-10-13-24(32)27-18-23(28)26-17-20-19(21-15-16-22(20)31-21)12-9-7-8-11-14-25(29)30/h7,9,19-22H,2-6,8,10-18H2,1H3,(H,26,28)(H,27,32)(H,29,30)/b9-7-/t19-,20+,21-,22+/m1/s1. The summed E-state index contributed by atoms with van der Waals surface area (Å²) < 4.78 is 6.12. The number of hydrogen-bond acceptors (Lipinski definition) is 4. The van der Waals surface area contributed by atoms with E-state index in [-0.39, 0.29) is 31.1 Å². The van der Waals surface area contributed by atoms with Gasteiger partial charge in [0.15, 0.2) is 0 Å². The number of thiocarbonyl (C=S) groups is 1. The third-order valence-electron chi connectivity index (χ3n) is 6.67. The number of carbonyl (C=O) groups excluding carboxylic acids is 1. The van der Waals surface area contributed by atoms with Crippen LogP contribution < -0.4 is 10.6 Å². The number of aliphatic carboxylic acids is 1. The fourth-order valence-electron chi connectivity index (χ4n) is 4.85. The van der Waals surface area contributed by atoms with Gasteiger partial charge < -0.3 is 20.5 Å². The molecule has 0 aromatic heterocycles. The second-order valence-electron chi connectivity index (χ2n) is 9.21. The summed E-state index contributed by atoms with van der Waals surface area (Å²) in [6.07, 6.45) is 17.8. The van der Waals surface area contributed by atoms with Crippen molar-refractivity contribution in [3.63, 3.8) is 0 Å². The maximum Gasteiger partial charge on any atom is 0.303 e. The average Bonchev–Trinajstić information content (AvgIpc) is 3.37. The van der Waals surface area contributed by atoms with E-state index in [1.807, 2.05) is 0 Å². The molecule has 0 unspecified atom stereocenters. The summed E-state index contributed by atoms with van der Waals surface area (Å²) >= 11 is 5.37. The van der Waals surface area contributed by atoms with E-state index in [9.17, 15) is 9.59 Å². The topological polar surface area (TPSA) is 87.7 Å². The van der Waals surface area contributed by atoms with Crippen LogP contribution in [0.15, 0.2) is 12.2 Å². The lowest BCUT2D eigenvalue weighted by molar-refractivity contribution is -0.137. The molecule has 6 nitrogen and oxygen atoms in total. The van der Waals surface area contributed by atoms with Crippen molar-refractivity contribution in [1.82, 2.24) is 10.6 Å². The summed E-state index contributed by atoms with van der Waals surface area (Å²) in [5, 5.41) is 14.9. The predicted molar refractivity (Wildman–Crippen MR) is 132 cm³/mol. The Balaban J connectivity index is 1.61. The molecule has 1 amide bonds. The zero-order valence-electron chi connectivity index (χ0n) is 19.7. The van der Waals surface area contributed by atoms with Crippen LogP contribution in [-0.4, -0.2) is 47.3 Å². The van der Waals surface area contributed by atoms with Crippen molar-refractivity contribution in [3.05, 3.63) is 12.2 Å². The number of allylic oxidation sites excluding steroid dienone is 2. The lowest BCUT2D eigenvalue weighted by atomic mass is 9.77. The molecule has 4 atom stereocenters. The summed E-state index contributed by atoms with van der Waals surface area (Å²) in [4.78, 5) is 23.7. The van der Waals surface area contributed by atoms with Crippen molar-refractivity contribution in [2.24, 2.45) is 11.8 Å². The molecule has 2 heterocycles. The van der Waals surface area contributed by atoms with E-state index >= 15 is 0 Å². The number of hydrogen-bond donors (Lipinski definition) is 3. The molecule has 7 heteroatoms. The van der Waals surface area contributed by atoms with Crippen LogP contribution in [0.25, 0.3) is 0 Å². The van der Waals surface area contributed by atoms with Crippen molar-refractivity contribution in [2.75, 3.05) is 13.1 Å². The van der Waals surface area contributed by atoms with Crippen LogP contribution in [0.4, 0.5) is 0 Å². The van der Waals surface area contributed by atoms with Crippen LogP contribution in [0.3, 0.4) is 0 Å². The zero-order valence-corrected chi connectivity index (χ0v) is 20.5. The van der Waals surface area contributed by atoms with Gasteiger partial charge in [-0.2, -0.15) is 0 Å². The normalized spacial score (nSPS) is 24.2. The molecule has 2 fully saturated rings. The van der Waals surface area contributed by atoms with Gasteiger partial charge in [-0.05, 0) is 50.9 Å². The first-order valence-corrected chi connectivity index (χ1v) is 13.0. The minimum atomic E-state index is -0.742. The summed E-state index contributed by atoms with van der Waals surface area (Å²) in [5.41, 5.74) is 0. The van der Waals surface area contributed by atoms with Gasteiger partial charge in [0.1, 0.15) is 0 Å². The maximum atomic E-state index is 12.3. The van der Waals surface area contributed by atoms with Crippen molar-refractivity contribution >= 4 is 29.1 Å². The van der Waals surface area contributed by atoms with Crippen molar-refractivity contribution in [2.45, 2.75) is 103 Å². The van der Waals surface area contributed by atoms with Gasteiger partial charge in [-0.3, -0.25) is 9.59 Å². The minimum Gasteiger partial charge on any atom is -0.481 e. The Morgan fingerprint density at radius 2 is 1.69 bits per heavy atom. The fraction of sp³-hybridized carbons (Fsp3) is 0.800. The second-order valence-corrected chi connectivity index (χ2v) is 9.70. The molecule has 182 valence electrons. The molecular formula is C25H42N2O4S. The van der Waals surface area contributed by atoms with Crippen LogP contribution in [0.5, 0.6) is 0 Å². The molecule has 2 aliphatic rings. The van der Waals surface area contributed by atoms with Crippen LogP contribution in [-0.2, 0) is 14.3 Å². The molecule has 32 heavy (non-hydrogen) atoms. The van der Waals surface area contributed by atoms with Gasteiger partial charge in [-0.25, -0.2) is 0 Å². The Labute approximate surface area is 198 Å². The predicted octanol–water partition coefficient (Wildman–Crippen LogP) is 4.77. The summed E-state index contributed by atoms with van der Waals surface area (Å²) in [6, 6.07) is 0. The smallest absolute Gasteiger partial charge is 0.303 e. The number of nitrogens with one attached hydrogen (secondary N) is 2. The van der Waals surface area contributed by atoms with Gasteiger partial charge in [0.05, 0.1) is 23.7 Å². The first kappa shape index (κ1) is 26.8. The molecule has 0 spiro atoms. The van der Waals surface area contributed by atoms with Crippen LogP contribution in [0.2, 0.25) is 0 Å². The second kappa shape index (κ2) is 15.4. The number of ether oxygens (including phenoxy) is 1. The number of rotatable bonds is 17. The van der Waals surface area contributed by atoms with Crippen molar-refractivity contribution < 1.29 is 19.4 Å². The van der Waals surface area contributed by atoms with Gasteiger partial charge >= 0.3 is 5.97 Å². The number of unbranched alkanes of at least 4 members (excludes halogenated alkanes) is 6. The largest absolute Gasteiger partial charge is 0.481 e. The quantitative estimate of drug-likeness (QED) is 0.163. The van der Waals surface area contributed by atoms with E-state index in [4.69, 9.17) is 22.1 Å². The van der Waals surface area contributed by atoms with Gasteiger partial charge in [0.2, 0.25) is 5.91 Å². The van der Waals surface area contributed by atoms with Gasteiger partial charge in [-0.1, -0.05) is 63.4 Å². The first-order chi connectivity index (χ1) is 15.5. The molecule has 0 aliphatic carbocycles. The lowest BCUT2D eigenvalue weighted by Gasteiger charge is -2.27. The SMILES string of the molecule is CCCCCCCCC(=S)NCC(=O)NC[C@H]1[C@@H](C/C=C\CCCC(=O)O)[C@H]2CC[C@@H]1O2. The zero-order chi connectivity index (χ0) is 23.2. The van der Waals surface area contributed by atoms with Crippen LogP contribution >= 0.6 is 12.2 Å². The molecule has 2 aliphatic heterocycles. The summed E-state index contributed by atoms with van der Waals surface area (Å²) in [7, 11) is 0. The number of carbonyl (C=O) groups is 2. The Hall–Kier alpha value is -1.47. The van der Waals surface area contributed by atoms with E-state index in [0.29, 0.717) is 24.8 Å². The molecule has 2 rings (SSSR count). The molecule has 2 saturated heterocycles. The first-order valence-electron chi connectivity index (χ1n) is 12.6. The third kappa shape index (κ3) is 9.99. The highest BCUT2D eigenvalue weighted by Gasteiger charge is 2.47. The van der Waals surface area contributed by atoms with E-state index in [1.165, 1.54) is 32.1 Å². The number of fused-ring (bicyclic) bond motifs is 2. The fourth-order valence-corrected chi connectivity index (χ4v) is 5.07. The molecule has 3 N–H and O–H groups in total. The van der Waals surface area contributed by atoms with Gasteiger partial charge in [0, 0.05) is 18.9 Å². The molecular weight excluding hydrogens is 424 g/mol. The van der Waals surface area contributed by atoms with Crippen LogP contribution in [0.1, 0.15) is 90.4 Å². The Morgan fingerprint density at radius 1 is 0.969 bits per heavy atom. The molecule has 0 aromatic rings. The highest BCUT2D eigenvalue weighted by molar-refractivity contribution is 7.80.